The highest BCUT2D eigenvalue weighted by Gasteiger charge is 2.26. The van der Waals surface area contributed by atoms with Gasteiger partial charge in [0.05, 0.1) is 12.5 Å². The first-order chi connectivity index (χ1) is 7.79. The van der Waals surface area contributed by atoms with Gasteiger partial charge in [-0.3, -0.25) is 9.59 Å². The Morgan fingerprint density at radius 3 is 2.24 bits per heavy atom. The number of carbonyl (C=O) groups excluding carboxylic acids is 2. The Bertz CT molecular complexity index is 306. The lowest BCUT2D eigenvalue weighted by Gasteiger charge is -2.20. The highest BCUT2D eigenvalue weighted by molar-refractivity contribution is 5.90. The topological polar surface area (TPSA) is 136 Å². The number of hydrogen-bond acceptors (Lipinski definition) is 4. The zero-order valence-electron chi connectivity index (χ0n) is 9.97. The average molecular weight is 245 g/mol. The molecule has 0 aromatic heterocycles. The molecule has 0 aromatic rings. The van der Waals surface area contributed by atoms with Crippen LogP contribution in [0.4, 0.5) is 0 Å². The number of carbonyl (C=O) groups is 3. The molecule has 0 spiro atoms. The second-order valence-electron chi connectivity index (χ2n) is 3.98. The number of nitrogens with two attached hydrogens (primary N) is 2. The molecular formula is C10H19N3O4. The molecule has 7 nitrogen and oxygen atoms in total. The van der Waals surface area contributed by atoms with Crippen molar-refractivity contribution in [2.24, 2.45) is 17.4 Å². The van der Waals surface area contributed by atoms with Gasteiger partial charge in [0.15, 0.2) is 0 Å². The molecule has 17 heavy (non-hydrogen) atoms. The monoisotopic (exact) mass is 245 g/mol. The van der Waals surface area contributed by atoms with Gasteiger partial charge in [0.25, 0.3) is 0 Å². The SMILES string of the molecule is CC[C@H](C)[C@H](N)C(=O)N[C@H](CC(N)=O)C(=O)O. The fourth-order valence-electron chi connectivity index (χ4n) is 1.18. The predicted molar refractivity (Wildman–Crippen MR) is 60.8 cm³/mol. The number of hydrogen-bond donors (Lipinski definition) is 4. The molecule has 6 N–H and O–H groups in total. The molecule has 0 rings (SSSR count). The molecule has 0 heterocycles. The smallest absolute Gasteiger partial charge is 0.326 e. The second-order valence-corrected chi connectivity index (χ2v) is 3.98. The quantitative estimate of drug-likeness (QED) is 0.447. The van der Waals surface area contributed by atoms with Crippen LogP contribution in [0.1, 0.15) is 26.7 Å². The molecule has 0 radical (unpaired) electrons. The molecule has 0 fully saturated rings. The lowest BCUT2D eigenvalue weighted by Crippen LogP contribution is -2.51. The van der Waals surface area contributed by atoms with E-state index in [4.69, 9.17) is 16.6 Å². The number of nitrogens with one attached hydrogen (secondary N) is 1. The molecule has 0 aliphatic carbocycles. The molecule has 0 aromatic carbocycles. The summed E-state index contributed by atoms with van der Waals surface area (Å²) in [6.07, 6.45) is 0.246. The molecule has 0 bridgehead atoms. The Balaban J connectivity index is 4.50. The third-order valence-electron chi connectivity index (χ3n) is 2.58. The van der Waals surface area contributed by atoms with Crippen LogP contribution in [0.25, 0.3) is 0 Å². The summed E-state index contributed by atoms with van der Waals surface area (Å²) in [7, 11) is 0. The Labute approximate surface area is 99.5 Å². The molecule has 0 unspecified atom stereocenters. The van der Waals surface area contributed by atoms with Gasteiger partial charge in [-0.2, -0.15) is 0 Å². The summed E-state index contributed by atoms with van der Waals surface area (Å²) in [5, 5.41) is 11.0. The normalized spacial score (nSPS) is 15.7. The summed E-state index contributed by atoms with van der Waals surface area (Å²) in [4.78, 5) is 33.0. The Kier molecular flexibility index (Phi) is 6.19. The van der Waals surface area contributed by atoms with E-state index >= 15 is 0 Å². The Morgan fingerprint density at radius 2 is 1.88 bits per heavy atom. The maximum absolute atomic E-state index is 11.6. The second kappa shape index (κ2) is 6.85. The number of rotatable bonds is 7. The van der Waals surface area contributed by atoms with E-state index in [1.54, 1.807) is 6.92 Å². The van der Waals surface area contributed by atoms with Crippen molar-refractivity contribution < 1.29 is 19.5 Å². The minimum Gasteiger partial charge on any atom is -0.480 e. The number of carboxylic acids is 1. The lowest BCUT2D eigenvalue weighted by molar-refractivity contribution is -0.143. The first-order valence-corrected chi connectivity index (χ1v) is 5.36. The summed E-state index contributed by atoms with van der Waals surface area (Å²) >= 11 is 0. The number of aliphatic carboxylic acids is 1. The van der Waals surface area contributed by atoms with E-state index in [9.17, 15) is 14.4 Å². The van der Waals surface area contributed by atoms with Gasteiger partial charge in [-0.15, -0.1) is 0 Å². The predicted octanol–water partition coefficient (Wildman–Crippen LogP) is -1.20. The van der Waals surface area contributed by atoms with Crippen molar-refractivity contribution in [2.75, 3.05) is 0 Å². The molecule has 2 amide bonds. The minimum atomic E-state index is -1.32. The lowest BCUT2D eigenvalue weighted by atomic mass is 9.99. The van der Waals surface area contributed by atoms with E-state index < -0.39 is 36.3 Å². The van der Waals surface area contributed by atoms with E-state index in [0.29, 0.717) is 6.42 Å². The van der Waals surface area contributed by atoms with Crippen molar-refractivity contribution in [2.45, 2.75) is 38.8 Å². The zero-order valence-corrected chi connectivity index (χ0v) is 9.97. The van der Waals surface area contributed by atoms with Crippen LogP contribution in [-0.2, 0) is 14.4 Å². The Morgan fingerprint density at radius 1 is 1.35 bits per heavy atom. The van der Waals surface area contributed by atoms with E-state index in [0.717, 1.165) is 0 Å². The third-order valence-corrected chi connectivity index (χ3v) is 2.58. The summed E-state index contributed by atoms with van der Waals surface area (Å²) in [5.74, 6) is -2.77. The van der Waals surface area contributed by atoms with E-state index in [-0.39, 0.29) is 5.92 Å². The average Bonchev–Trinajstić information content (AvgIpc) is 2.25. The Hall–Kier alpha value is -1.63. The van der Waals surface area contributed by atoms with Gasteiger partial charge in [-0.25, -0.2) is 4.79 Å². The fourth-order valence-corrected chi connectivity index (χ4v) is 1.18. The van der Waals surface area contributed by atoms with Crippen LogP contribution in [0.5, 0.6) is 0 Å². The van der Waals surface area contributed by atoms with E-state index in [1.165, 1.54) is 0 Å². The minimum absolute atomic E-state index is 0.0713. The van der Waals surface area contributed by atoms with Crippen LogP contribution in [-0.4, -0.2) is 35.0 Å². The summed E-state index contributed by atoms with van der Waals surface area (Å²) in [6.45, 7) is 3.66. The zero-order chi connectivity index (χ0) is 13.6. The fraction of sp³-hybridized carbons (Fsp3) is 0.700. The van der Waals surface area contributed by atoms with Gasteiger partial charge in [-0.05, 0) is 5.92 Å². The molecule has 0 aliphatic heterocycles. The molecular weight excluding hydrogens is 226 g/mol. The van der Waals surface area contributed by atoms with Crippen LogP contribution in [0.15, 0.2) is 0 Å². The molecule has 7 heteroatoms. The molecule has 0 saturated carbocycles. The van der Waals surface area contributed by atoms with Crippen LogP contribution in [0, 0.1) is 5.92 Å². The summed E-state index contributed by atoms with van der Waals surface area (Å²) in [5.41, 5.74) is 10.5. The highest BCUT2D eigenvalue weighted by Crippen LogP contribution is 2.05. The van der Waals surface area contributed by atoms with Crippen molar-refractivity contribution in [3.8, 4) is 0 Å². The van der Waals surface area contributed by atoms with Crippen molar-refractivity contribution in [3.63, 3.8) is 0 Å². The first kappa shape index (κ1) is 15.4. The van der Waals surface area contributed by atoms with Gasteiger partial charge in [0.2, 0.25) is 11.8 Å². The largest absolute Gasteiger partial charge is 0.480 e. The van der Waals surface area contributed by atoms with Crippen LogP contribution >= 0.6 is 0 Å². The van der Waals surface area contributed by atoms with Crippen LogP contribution in [0.3, 0.4) is 0 Å². The van der Waals surface area contributed by atoms with Crippen LogP contribution < -0.4 is 16.8 Å². The standard InChI is InChI=1S/C10H19N3O4/c1-3-5(2)8(12)9(15)13-6(10(16)17)4-7(11)14/h5-6,8H,3-4,12H2,1-2H3,(H2,11,14)(H,13,15)(H,16,17)/t5-,6+,8-/m0/s1. The first-order valence-electron chi connectivity index (χ1n) is 5.36. The van der Waals surface area contributed by atoms with Gasteiger partial charge < -0.3 is 21.9 Å². The summed E-state index contributed by atoms with van der Waals surface area (Å²) in [6, 6.07) is -2.12. The van der Waals surface area contributed by atoms with Gasteiger partial charge in [-0.1, -0.05) is 20.3 Å². The third kappa shape index (κ3) is 5.30. The van der Waals surface area contributed by atoms with Gasteiger partial charge >= 0.3 is 5.97 Å². The molecule has 0 aliphatic rings. The van der Waals surface area contributed by atoms with E-state index in [1.807, 2.05) is 6.92 Å². The highest BCUT2D eigenvalue weighted by atomic mass is 16.4. The van der Waals surface area contributed by atoms with E-state index in [2.05, 4.69) is 5.32 Å². The maximum atomic E-state index is 11.6. The summed E-state index contributed by atoms with van der Waals surface area (Å²) < 4.78 is 0. The van der Waals surface area contributed by atoms with Gasteiger partial charge in [0, 0.05) is 0 Å². The number of carboxylic acid groups (broad SMARTS) is 1. The van der Waals surface area contributed by atoms with Crippen molar-refractivity contribution in [1.29, 1.82) is 0 Å². The van der Waals surface area contributed by atoms with Crippen molar-refractivity contribution in [1.82, 2.24) is 5.32 Å². The molecule has 98 valence electrons. The van der Waals surface area contributed by atoms with Crippen molar-refractivity contribution in [3.05, 3.63) is 0 Å². The number of amides is 2. The van der Waals surface area contributed by atoms with Gasteiger partial charge in [0.1, 0.15) is 6.04 Å². The molecule has 0 saturated heterocycles. The number of primary amides is 1. The maximum Gasteiger partial charge on any atom is 0.326 e. The van der Waals surface area contributed by atoms with Crippen molar-refractivity contribution >= 4 is 17.8 Å². The molecule has 3 atom stereocenters. The van der Waals surface area contributed by atoms with Crippen LogP contribution in [0.2, 0.25) is 0 Å².